The lowest BCUT2D eigenvalue weighted by molar-refractivity contribution is -0.104. The fourth-order valence-corrected chi connectivity index (χ4v) is 2.57. The predicted octanol–water partition coefficient (Wildman–Crippen LogP) is 5.57. The molecular weight excluding hydrogens is 306 g/mol. The predicted molar refractivity (Wildman–Crippen MR) is 110 cm³/mol. The van der Waals surface area contributed by atoms with Gasteiger partial charge in [0.05, 0.1) is 0 Å². The summed E-state index contributed by atoms with van der Waals surface area (Å²) in [6.45, 7) is 3.85. The Kier molecular flexibility index (Phi) is 6.53. The highest BCUT2D eigenvalue weighted by molar-refractivity contribution is 5.99. The summed E-state index contributed by atoms with van der Waals surface area (Å²) >= 11 is 0. The van der Waals surface area contributed by atoms with E-state index < -0.39 is 0 Å². The Balaban J connectivity index is 2.27. The van der Waals surface area contributed by atoms with Gasteiger partial charge in [0.1, 0.15) is 6.29 Å². The molecule has 0 heterocycles. The normalized spacial score (nSPS) is 13.1. The van der Waals surface area contributed by atoms with Gasteiger partial charge in [0, 0.05) is 25.2 Å². The van der Waals surface area contributed by atoms with Crippen LogP contribution in [0.2, 0.25) is 0 Å². The second kappa shape index (κ2) is 8.84. The standard InChI is InChI=1S/C23H25NO/c1-18(9-5-6-10-19(2)17-25)13-14-20-15-16-23(24(3)4)22-12-8-7-11-21(20)22/h5-17H,1-4H3/b6-5+,14-13+,18-9+,19-10-. The number of nitrogens with zero attached hydrogens (tertiary/aromatic N) is 1. The quantitative estimate of drug-likeness (QED) is 0.392. The van der Waals surface area contributed by atoms with E-state index >= 15 is 0 Å². The molecule has 128 valence electrons. The number of hydrogen-bond acceptors (Lipinski definition) is 2. The average molecular weight is 331 g/mol. The second-order valence-corrected chi connectivity index (χ2v) is 6.27. The van der Waals surface area contributed by atoms with E-state index in [4.69, 9.17) is 0 Å². The number of allylic oxidation sites excluding steroid dienone is 7. The molecule has 2 heteroatoms. The average Bonchev–Trinajstić information content (AvgIpc) is 2.62. The van der Waals surface area contributed by atoms with Gasteiger partial charge in [-0.25, -0.2) is 0 Å². The summed E-state index contributed by atoms with van der Waals surface area (Å²) < 4.78 is 0. The van der Waals surface area contributed by atoms with Crippen LogP contribution in [0.15, 0.2) is 77.9 Å². The number of aldehydes is 1. The number of rotatable bonds is 6. The highest BCUT2D eigenvalue weighted by Crippen LogP contribution is 2.29. The molecule has 0 radical (unpaired) electrons. The minimum Gasteiger partial charge on any atom is -0.377 e. The maximum atomic E-state index is 10.5. The molecule has 0 N–H and O–H groups in total. The van der Waals surface area contributed by atoms with E-state index in [1.54, 1.807) is 13.0 Å². The molecule has 0 aliphatic rings. The summed E-state index contributed by atoms with van der Waals surface area (Å²) in [4.78, 5) is 12.7. The van der Waals surface area contributed by atoms with Crippen molar-refractivity contribution in [2.75, 3.05) is 19.0 Å². The molecule has 2 rings (SSSR count). The zero-order chi connectivity index (χ0) is 18.2. The second-order valence-electron chi connectivity index (χ2n) is 6.27. The van der Waals surface area contributed by atoms with E-state index in [9.17, 15) is 4.79 Å². The summed E-state index contributed by atoms with van der Waals surface area (Å²) in [5.41, 5.74) is 4.29. The van der Waals surface area contributed by atoms with E-state index in [0.29, 0.717) is 5.57 Å². The maximum Gasteiger partial charge on any atom is 0.145 e. The number of carbonyl (C=O) groups excluding carboxylic acids is 1. The maximum absolute atomic E-state index is 10.5. The van der Waals surface area contributed by atoms with Gasteiger partial charge in [-0.3, -0.25) is 4.79 Å². The van der Waals surface area contributed by atoms with Gasteiger partial charge in [-0.05, 0) is 36.4 Å². The summed E-state index contributed by atoms with van der Waals surface area (Å²) in [7, 11) is 4.13. The molecule has 25 heavy (non-hydrogen) atoms. The van der Waals surface area contributed by atoms with Gasteiger partial charge in [-0.2, -0.15) is 0 Å². The molecule has 0 saturated carbocycles. The van der Waals surface area contributed by atoms with Crippen LogP contribution in [0.25, 0.3) is 16.8 Å². The Bertz CT molecular complexity index is 867. The molecule has 2 nitrogen and oxygen atoms in total. The monoisotopic (exact) mass is 331 g/mol. The third kappa shape index (κ3) is 5.05. The summed E-state index contributed by atoms with van der Waals surface area (Å²) in [5.74, 6) is 0. The van der Waals surface area contributed by atoms with Gasteiger partial charge in [-0.15, -0.1) is 0 Å². The molecule has 0 aliphatic heterocycles. The molecule has 0 aromatic heterocycles. The Morgan fingerprint density at radius 3 is 2.16 bits per heavy atom. The van der Waals surface area contributed by atoms with Gasteiger partial charge in [-0.1, -0.05) is 72.4 Å². The number of anilines is 1. The number of hydrogen-bond donors (Lipinski definition) is 0. The molecule has 2 aromatic carbocycles. The molecule has 0 saturated heterocycles. The van der Waals surface area contributed by atoms with Gasteiger partial charge >= 0.3 is 0 Å². The van der Waals surface area contributed by atoms with Crippen LogP contribution in [-0.4, -0.2) is 20.4 Å². The van der Waals surface area contributed by atoms with Crippen molar-refractivity contribution in [1.82, 2.24) is 0 Å². The van der Waals surface area contributed by atoms with Crippen LogP contribution in [0.5, 0.6) is 0 Å². The Labute approximate surface area is 150 Å². The third-order valence-electron chi connectivity index (χ3n) is 3.96. The minimum atomic E-state index is 0.713. The van der Waals surface area contributed by atoms with Gasteiger partial charge in [0.2, 0.25) is 0 Å². The lowest BCUT2D eigenvalue weighted by Gasteiger charge is -2.16. The summed E-state index contributed by atoms with van der Waals surface area (Å²) in [5, 5.41) is 2.50. The molecular formula is C23H25NO. The van der Waals surface area contributed by atoms with Crippen molar-refractivity contribution in [2.45, 2.75) is 13.8 Å². The van der Waals surface area contributed by atoms with Crippen molar-refractivity contribution >= 4 is 28.8 Å². The van der Waals surface area contributed by atoms with Crippen molar-refractivity contribution in [3.8, 4) is 0 Å². The third-order valence-corrected chi connectivity index (χ3v) is 3.96. The first kappa shape index (κ1) is 18.5. The van der Waals surface area contributed by atoms with E-state index in [1.807, 2.05) is 18.2 Å². The molecule has 0 unspecified atom stereocenters. The molecule has 0 atom stereocenters. The zero-order valence-corrected chi connectivity index (χ0v) is 15.4. The van der Waals surface area contributed by atoms with Crippen LogP contribution in [0.4, 0.5) is 5.69 Å². The lowest BCUT2D eigenvalue weighted by atomic mass is 10.0. The van der Waals surface area contributed by atoms with Gasteiger partial charge < -0.3 is 4.90 Å². The lowest BCUT2D eigenvalue weighted by Crippen LogP contribution is -2.09. The van der Waals surface area contributed by atoms with Crippen molar-refractivity contribution in [3.63, 3.8) is 0 Å². The first-order valence-electron chi connectivity index (χ1n) is 8.37. The first-order chi connectivity index (χ1) is 12.0. The van der Waals surface area contributed by atoms with Gasteiger partial charge in [0.15, 0.2) is 0 Å². The van der Waals surface area contributed by atoms with E-state index in [1.165, 1.54) is 22.0 Å². The molecule has 0 bridgehead atoms. The minimum absolute atomic E-state index is 0.713. The van der Waals surface area contributed by atoms with Crippen molar-refractivity contribution < 1.29 is 4.79 Å². The first-order valence-corrected chi connectivity index (χ1v) is 8.37. The Morgan fingerprint density at radius 2 is 1.52 bits per heavy atom. The number of fused-ring (bicyclic) bond motifs is 1. The molecule has 0 spiro atoms. The fourth-order valence-electron chi connectivity index (χ4n) is 2.57. The smallest absolute Gasteiger partial charge is 0.145 e. The van der Waals surface area contributed by atoms with E-state index in [-0.39, 0.29) is 0 Å². The highest BCUT2D eigenvalue weighted by Gasteiger charge is 2.05. The van der Waals surface area contributed by atoms with Gasteiger partial charge in [0.25, 0.3) is 0 Å². The van der Waals surface area contributed by atoms with Crippen LogP contribution < -0.4 is 4.90 Å². The largest absolute Gasteiger partial charge is 0.377 e. The summed E-state index contributed by atoms with van der Waals surface area (Å²) in [6.07, 6.45) is 12.8. The molecule has 0 amide bonds. The zero-order valence-electron chi connectivity index (χ0n) is 15.4. The van der Waals surface area contributed by atoms with E-state index in [0.717, 1.165) is 11.9 Å². The van der Waals surface area contributed by atoms with Crippen LogP contribution in [0.1, 0.15) is 19.4 Å². The van der Waals surface area contributed by atoms with E-state index in [2.05, 4.69) is 74.5 Å². The van der Waals surface area contributed by atoms with Crippen molar-refractivity contribution in [3.05, 3.63) is 83.5 Å². The summed E-state index contributed by atoms with van der Waals surface area (Å²) in [6, 6.07) is 12.8. The van der Waals surface area contributed by atoms with Crippen LogP contribution >= 0.6 is 0 Å². The van der Waals surface area contributed by atoms with Crippen molar-refractivity contribution in [1.29, 1.82) is 0 Å². The van der Waals surface area contributed by atoms with Crippen LogP contribution in [0, 0.1) is 0 Å². The number of carbonyl (C=O) groups is 1. The fraction of sp³-hybridized carbons (Fsp3) is 0.174. The Morgan fingerprint density at radius 1 is 0.880 bits per heavy atom. The highest BCUT2D eigenvalue weighted by atomic mass is 16.1. The van der Waals surface area contributed by atoms with Crippen LogP contribution in [0.3, 0.4) is 0 Å². The van der Waals surface area contributed by atoms with Crippen LogP contribution in [-0.2, 0) is 4.79 Å². The Hall–Kier alpha value is -2.87. The molecule has 0 aliphatic carbocycles. The molecule has 0 fully saturated rings. The SMILES string of the molecule is C/C(C=O)=C/C=C/C=C(C)/C=C/c1ccc(N(C)C)c2ccccc12. The topological polar surface area (TPSA) is 20.3 Å². The molecule has 2 aromatic rings. The van der Waals surface area contributed by atoms with Crippen molar-refractivity contribution in [2.24, 2.45) is 0 Å². The number of benzene rings is 2.